The highest BCUT2D eigenvalue weighted by Gasteiger charge is 2.28. The minimum atomic E-state index is -0.453. The number of rotatable bonds is 4. The van der Waals surface area contributed by atoms with E-state index in [2.05, 4.69) is 5.32 Å². The number of ether oxygens (including phenoxy) is 1. The zero-order valence-electron chi connectivity index (χ0n) is 11.6. The summed E-state index contributed by atoms with van der Waals surface area (Å²) in [6.07, 6.45) is 0.910. The molecule has 4 heteroatoms. The van der Waals surface area contributed by atoms with Gasteiger partial charge in [0, 0.05) is 12.5 Å². The molecule has 2 aromatic carbocycles. The smallest absolute Gasteiger partial charge is 0.145 e. The Kier molecular flexibility index (Phi) is 4.42. The van der Waals surface area contributed by atoms with Crippen molar-refractivity contribution in [2.45, 2.75) is 12.5 Å². The molecule has 21 heavy (non-hydrogen) atoms. The maximum absolute atomic E-state index is 13.6. The Balaban J connectivity index is 1.90. The van der Waals surface area contributed by atoms with E-state index in [4.69, 9.17) is 16.3 Å². The lowest BCUT2D eigenvalue weighted by Gasteiger charge is -2.25. The monoisotopic (exact) mass is 305 g/mol. The summed E-state index contributed by atoms with van der Waals surface area (Å²) in [5.41, 5.74) is 1.09. The molecule has 2 nitrogen and oxygen atoms in total. The van der Waals surface area contributed by atoms with Crippen molar-refractivity contribution in [2.75, 3.05) is 13.1 Å². The van der Waals surface area contributed by atoms with Crippen LogP contribution < -0.4 is 10.1 Å². The minimum Gasteiger partial charge on any atom is -0.484 e. The van der Waals surface area contributed by atoms with Crippen LogP contribution in [0, 0.1) is 11.7 Å². The van der Waals surface area contributed by atoms with E-state index in [1.807, 2.05) is 30.3 Å². The van der Waals surface area contributed by atoms with Crippen molar-refractivity contribution in [1.29, 1.82) is 0 Å². The van der Waals surface area contributed by atoms with Gasteiger partial charge in [-0.05, 0) is 30.7 Å². The standard InChI is InChI=1S/C17H17ClFNO/c18-16-14(19)7-4-8-15(16)21-17(13-9-10-20-11-13)12-5-2-1-3-6-12/h1-8,13,17,20H,9-11H2/t13?,17-/m0/s1. The molecule has 3 rings (SSSR count). The number of benzene rings is 2. The topological polar surface area (TPSA) is 21.3 Å². The number of nitrogens with one attached hydrogen (secondary N) is 1. The molecule has 0 bridgehead atoms. The SMILES string of the molecule is Fc1cccc(O[C@@H](c2ccccc2)C2CCNC2)c1Cl. The summed E-state index contributed by atoms with van der Waals surface area (Å²) in [4.78, 5) is 0. The van der Waals surface area contributed by atoms with E-state index >= 15 is 0 Å². The second kappa shape index (κ2) is 6.46. The Bertz CT molecular complexity index is 599. The lowest BCUT2D eigenvalue weighted by atomic mass is 9.95. The van der Waals surface area contributed by atoms with E-state index in [1.165, 1.54) is 6.07 Å². The molecule has 0 amide bonds. The summed E-state index contributed by atoms with van der Waals surface area (Å²) in [6.45, 7) is 1.88. The second-order valence-electron chi connectivity index (χ2n) is 5.25. The average Bonchev–Trinajstić information content (AvgIpc) is 3.04. The Morgan fingerprint density at radius 3 is 2.67 bits per heavy atom. The molecule has 1 aliphatic rings. The van der Waals surface area contributed by atoms with E-state index < -0.39 is 5.82 Å². The van der Waals surface area contributed by atoms with Crippen LogP contribution in [0.3, 0.4) is 0 Å². The Labute approximate surface area is 128 Å². The van der Waals surface area contributed by atoms with Crippen LogP contribution in [0.25, 0.3) is 0 Å². The molecule has 110 valence electrons. The van der Waals surface area contributed by atoms with Crippen molar-refractivity contribution in [3.05, 3.63) is 64.9 Å². The predicted molar refractivity (Wildman–Crippen MR) is 82.2 cm³/mol. The third-order valence-corrected chi connectivity index (χ3v) is 4.19. The summed E-state index contributed by atoms with van der Waals surface area (Å²) in [6, 6.07) is 14.7. The van der Waals surface area contributed by atoms with Gasteiger partial charge in [-0.1, -0.05) is 48.0 Å². The zero-order valence-corrected chi connectivity index (χ0v) is 12.3. The first kappa shape index (κ1) is 14.4. The van der Waals surface area contributed by atoms with Gasteiger partial charge in [-0.25, -0.2) is 4.39 Å². The molecule has 2 atom stereocenters. The predicted octanol–water partition coefficient (Wildman–Crippen LogP) is 4.21. The zero-order chi connectivity index (χ0) is 14.7. The third kappa shape index (κ3) is 3.20. The number of hydrogen-bond acceptors (Lipinski definition) is 2. The maximum atomic E-state index is 13.6. The van der Waals surface area contributed by atoms with Gasteiger partial charge in [-0.3, -0.25) is 0 Å². The highest BCUT2D eigenvalue weighted by atomic mass is 35.5. The summed E-state index contributed by atoms with van der Waals surface area (Å²) in [7, 11) is 0. The number of hydrogen-bond donors (Lipinski definition) is 1. The molecular weight excluding hydrogens is 289 g/mol. The molecule has 0 aliphatic carbocycles. The molecule has 1 fully saturated rings. The van der Waals surface area contributed by atoms with Crippen molar-refractivity contribution in [1.82, 2.24) is 5.32 Å². The van der Waals surface area contributed by atoms with Crippen LogP contribution in [0.4, 0.5) is 4.39 Å². The third-order valence-electron chi connectivity index (χ3n) is 3.82. The van der Waals surface area contributed by atoms with E-state index in [-0.39, 0.29) is 11.1 Å². The molecule has 0 radical (unpaired) electrons. The van der Waals surface area contributed by atoms with Crippen LogP contribution >= 0.6 is 11.6 Å². The van der Waals surface area contributed by atoms with Gasteiger partial charge in [0.2, 0.25) is 0 Å². The molecule has 0 aromatic heterocycles. The molecule has 0 spiro atoms. The first-order valence-electron chi connectivity index (χ1n) is 7.12. The van der Waals surface area contributed by atoms with Crippen molar-refractivity contribution >= 4 is 11.6 Å². The van der Waals surface area contributed by atoms with Crippen molar-refractivity contribution < 1.29 is 9.13 Å². The van der Waals surface area contributed by atoms with Gasteiger partial charge in [0.05, 0.1) is 0 Å². The van der Waals surface area contributed by atoms with E-state index in [0.717, 1.165) is 25.1 Å². The first-order valence-corrected chi connectivity index (χ1v) is 7.50. The van der Waals surface area contributed by atoms with Crippen molar-refractivity contribution in [3.8, 4) is 5.75 Å². The van der Waals surface area contributed by atoms with Crippen LogP contribution in [0.15, 0.2) is 48.5 Å². The molecule has 1 heterocycles. The lowest BCUT2D eigenvalue weighted by Crippen LogP contribution is -2.21. The summed E-state index contributed by atoms with van der Waals surface area (Å²) in [5, 5.41) is 3.39. The molecule has 2 aromatic rings. The fourth-order valence-electron chi connectivity index (χ4n) is 2.73. The molecule has 0 saturated carbocycles. The van der Waals surface area contributed by atoms with E-state index in [1.54, 1.807) is 12.1 Å². The fourth-order valence-corrected chi connectivity index (χ4v) is 2.90. The quantitative estimate of drug-likeness (QED) is 0.913. The summed E-state index contributed by atoms with van der Waals surface area (Å²) < 4.78 is 19.7. The molecule has 1 aliphatic heterocycles. The number of halogens is 2. The van der Waals surface area contributed by atoms with Crippen LogP contribution in [0.5, 0.6) is 5.75 Å². The van der Waals surface area contributed by atoms with E-state index in [0.29, 0.717) is 11.7 Å². The van der Waals surface area contributed by atoms with Crippen molar-refractivity contribution in [2.24, 2.45) is 5.92 Å². The molecule has 1 saturated heterocycles. The molecule has 1 N–H and O–H groups in total. The fraction of sp³-hybridized carbons (Fsp3) is 0.294. The Morgan fingerprint density at radius 1 is 1.14 bits per heavy atom. The van der Waals surface area contributed by atoms with Crippen LogP contribution in [0.1, 0.15) is 18.1 Å². The normalized spacial score (nSPS) is 19.4. The van der Waals surface area contributed by atoms with E-state index in [9.17, 15) is 4.39 Å². The van der Waals surface area contributed by atoms with Gasteiger partial charge < -0.3 is 10.1 Å². The van der Waals surface area contributed by atoms with Gasteiger partial charge in [-0.15, -0.1) is 0 Å². The van der Waals surface area contributed by atoms with Gasteiger partial charge in [0.1, 0.15) is 22.7 Å². The molecule has 1 unspecified atom stereocenters. The highest BCUT2D eigenvalue weighted by molar-refractivity contribution is 6.32. The first-order chi connectivity index (χ1) is 10.3. The van der Waals surface area contributed by atoms with Gasteiger partial charge in [-0.2, -0.15) is 0 Å². The molecular formula is C17H17ClFNO. The van der Waals surface area contributed by atoms with Crippen molar-refractivity contribution in [3.63, 3.8) is 0 Å². The summed E-state index contributed by atoms with van der Waals surface area (Å²) >= 11 is 6.02. The van der Waals surface area contributed by atoms with Crippen LogP contribution in [-0.2, 0) is 0 Å². The van der Waals surface area contributed by atoms with Gasteiger partial charge in [0.15, 0.2) is 0 Å². The lowest BCUT2D eigenvalue weighted by molar-refractivity contribution is 0.144. The second-order valence-corrected chi connectivity index (χ2v) is 5.63. The van der Waals surface area contributed by atoms with Crippen LogP contribution in [-0.4, -0.2) is 13.1 Å². The Morgan fingerprint density at radius 2 is 1.95 bits per heavy atom. The summed E-state index contributed by atoms with van der Waals surface area (Å²) in [5.74, 6) is 0.301. The minimum absolute atomic E-state index is 0.0457. The van der Waals surface area contributed by atoms with Crippen LogP contribution in [0.2, 0.25) is 5.02 Å². The largest absolute Gasteiger partial charge is 0.484 e. The average molecular weight is 306 g/mol. The van der Waals surface area contributed by atoms with Gasteiger partial charge >= 0.3 is 0 Å². The van der Waals surface area contributed by atoms with Gasteiger partial charge in [0.25, 0.3) is 0 Å². The maximum Gasteiger partial charge on any atom is 0.145 e. The Hall–Kier alpha value is -1.58. The highest BCUT2D eigenvalue weighted by Crippen LogP contribution is 2.35.